The average molecular weight is 410 g/mol. The SMILES string of the molecule is C=C(NC(C)c1ccc(C(C)CC(F)(F)F)cn1)C1CC1c1cc(F)ccc1F. The van der Waals surface area contributed by atoms with E-state index >= 15 is 0 Å². The summed E-state index contributed by atoms with van der Waals surface area (Å²) in [7, 11) is 0. The fourth-order valence-electron chi connectivity index (χ4n) is 3.61. The van der Waals surface area contributed by atoms with E-state index in [1.165, 1.54) is 19.2 Å². The monoisotopic (exact) mass is 410 g/mol. The Bertz CT molecular complexity index is 876. The van der Waals surface area contributed by atoms with Crippen molar-refractivity contribution in [2.45, 2.75) is 50.7 Å². The van der Waals surface area contributed by atoms with Gasteiger partial charge in [0.05, 0.1) is 18.2 Å². The first kappa shape index (κ1) is 21.3. The molecule has 1 aliphatic carbocycles. The number of pyridine rings is 1. The molecule has 1 aliphatic rings. The van der Waals surface area contributed by atoms with Crippen LogP contribution in [-0.4, -0.2) is 11.2 Å². The van der Waals surface area contributed by atoms with Crippen molar-refractivity contribution >= 4 is 0 Å². The highest BCUT2D eigenvalue weighted by atomic mass is 19.4. The molecule has 1 saturated carbocycles. The first-order valence-electron chi connectivity index (χ1n) is 9.48. The van der Waals surface area contributed by atoms with Crippen LogP contribution in [0.5, 0.6) is 0 Å². The molecule has 4 unspecified atom stereocenters. The highest BCUT2D eigenvalue weighted by Gasteiger charge is 2.42. The summed E-state index contributed by atoms with van der Waals surface area (Å²) in [6, 6.07) is 6.58. The maximum Gasteiger partial charge on any atom is 0.389 e. The molecule has 0 aliphatic heterocycles. The van der Waals surface area contributed by atoms with Crippen LogP contribution in [0.4, 0.5) is 22.0 Å². The molecule has 2 nitrogen and oxygen atoms in total. The van der Waals surface area contributed by atoms with Crippen LogP contribution in [0.3, 0.4) is 0 Å². The standard InChI is InChI=1S/C22H23F5N2/c1-12(10-22(25,26)27)15-4-7-21(28-11-15)14(3)29-13(2)17-9-18(17)19-8-16(23)5-6-20(19)24/h4-8,11-12,14,17-18,29H,2,9-10H2,1,3H3. The van der Waals surface area contributed by atoms with Crippen LogP contribution < -0.4 is 5.32 Å². The Hall–Kier alpha value is -2.44. The molecule has 29 heavy (non-hydrogen) atoms. The van der Waals surface area contributed by atoms with Crippen molar-refractivity contribution in [2.24, 2.45) is 5.92 Å². The average Bonchev–Trinajstić information content (AvgIpc) is 3.43. The Morgan fingerprint density at radius 3 is 2.55 bits per heavy atom. The lowest BCUT2D eigenvalue weighted by Crippen LogP contribution is -2.20. The van der Waals surface area contributed by atoms with Crippen LogP contribution in [-0.2, 0) is 0 Å². The van der Waals surface area contributed by atoms with Gasteiger partial charge in [-0.15, -0.1) is 0 Å². The maximum atomic E-state index is 13.9. The van der Waals surface area contributed by atoms with Gasteiger partial charge in [-0.1, -0.05) is 19.6 Å². The quantitative estimate of drug-likeness (QED) is 0.536. The number of alkyl halides is 3. The lowest BCUT2D eigenvalue weighted by molar-refractivity contribution is -0.137. The third kappa shape index (κ3) is 5.34. The lowest BCUT2D eigenvalue weighted by atomic mass is 9.98. The van der Waals surface area contributed by atoms with E-state index in [-0.39, 0.29) is 17.9 Å². The molecule has 2 aromatic rings. The Kier molecular flexibility index (Phi) is 5.96. The molecule has 0 radical (unpaired) electrons. The highest BCUT2D eigenvalue weighted by molar-refractivity contribution is 5.32. The van der Waals surface area contributed by atoms with E-state index in [0.717, 1.165) is 12.1 Å². The number of rotatable bonds is 7. The van der Waals surface area contributed by atoms with Crippen molar-refractivity contribution < 1.29 is 22.0 Å². The molecule has 1 fully saturated rings. The number of hydrogen-bond donors (Lipinski definition) is 1. The molecule has 1 aromatic heterocycles. The summed E-state index contributed by atoms with van der Waals surface area (Å²) in [5.41, 5.74) is 2.26. The molecule has 1 aromatic carbocycles. The Labute approximate surface area is 166 Å². The molecule has 0 amide bonds. The van der Waals surface area contributed by atoms with Crippen molar-refractivity contribution in [1.29, 1.82) is 0 Å². The van der Waals surface area contributed by atoms with E-state index in [1.54, 1.807) is 12.1 Å². The third-order valence-electron chi connectivity index (χ3n) is 5.36. The summed E-state index contributed by atoms with van der Waals surface area (Å²) in [5, 5.41) is 3.23. The van der Waals surface area contributed by atoms with E-state index < -0.39 is 30.1 Å². The number of halogens is 5. The van der Waals surface area contributed by atoms with Crippen LogP contribution in [0.25, 0.3) is 0 Å². The molecule has 4 atom stereocenters. The third-order valence-corrected chi connectivity index (χ3v) is 5.36. The normalized spacial score (nSPS) is 20.8. The van der Waals surface area contributed by atoms with Crippen LogP contribution in [0.2, 0.25) is 0 Å². The topological polar surface area (TPSA) is 24.9 Å². The Balaban J connectivity index is 1.58. The van der Waals surface area contributed by atoms with Gasteiger partial charge in [-0.05, 0) is 60.6 Å². The molecular weight excluding hydrogens is 387 g/mol. The summed E-state index contributed by atoms with van der Waals surface area (Å²) in [6.45, 7) is 7.40. The maximum absolute atomic E-state index is 13.9. The molecular formula is C22H23F5N2. The second-order valence-corrected chi connectivity index (χ2v) is 7.74. The predicted octanol–water partition coefficient (Wildman–Crippen LogP) is 6.38. The second kappa shape index (κ2) is 8.13. The molecule has 0 saturated heterocycles. The van der Waals surface area contributed by atoms with Gasteiger partial charge >= 0.3 is 6.18 Å². The van der Waals surface area contributed by atoms with Gasteiger partial charge in [0.2, 0.25) is 0 Å². The van der Waals surface area contributed by atoms with Crippen LogP contribution in [0.1, 0.15) is 61.4 Å². The first-order chi connectivity index (χ1) is 13.5. The van der Waals surface area contributed by atoms with Crippen molar-refractivity contribution in [3.63, 3.8) is 0 Å². The van der Waals surface area contributed by atoms with Gasteiger partial charge in [0.1, 0.15) is 11.6 Å². The zero-order chi connectivity index (χ0) is 21.3. The fourth-order valence-corrected chi connectivity index (χ4v) is 3.61. The van der Waals surface area contributed by atoms with Crippen LogP contribution in [0, 0.1) is 17.6 Å². The molecule has 0 bridgehead atoms. The van der Waals surface area contributed by atoms with Gasteiger partial charge in [0, 0.05) is 17.8 Å². The molecule has 0 spiro atoms. The second-order valence-electron chi connectivity index (χ2n) is 7.74. The summed E-state index contributed by atoms with van der Waals surface area (Å²) in [4.78, 5) is 4.28. The number of allylic oxidation sites excluding steroid dienone is 1. The minimum Gasteiger partial charge on any atom is -0.380 e. The van der Waals surface area contributed by atoms with E-state index in [9.17, 15) is 22.0 Å². The van der Waals surface area contributed by atoms with Crippen LogP contribution in [0.15, 0.2) is 48.8 Å². The van der Waals surface area contributed by atoms with Gasteiger partial charge < -0.3 is 5.32 Å². The van der Waals surface area contributed by atoms with Gasteiger partial charge in [0.25, 0.3) is 0 Å². The van der Waals surface area contributed by atoms with Gasteiger partial charge in [-0.25, -0.2) is 8.78 Å². The number of benzene rings is 1. The highest BCUT2D eigenvalue weighted by Crippen LogP contribution is 2.51. The summed E-state index contributed by atoms with van der Waals surface area (Å²) < 4.78 is 65.0. The fraction of sp³-hybridized carbons (Fsp3) is 0.409. The smallest absolute Gasteiger partial charge is 0.380 e. The Morgan fingerprint density at radius 2 is 1.93 bits per heavy atom. The number of nitrogens with zero attached hydrogens (tertiary/aromatic N) is 1. The predicted molar refractivity (Wildman–Crippen MR) is 101 cm³/mol. The molecule has 1 N–H and O–H groups in total. The summed E-state index contributed by atoms with van der Waals surface area (Å²) in [5.74, 6) is -1.67. The van der Waals surface area contributed by atoms with E-state index in [1.807, 2.05) is 6.92 Å². The minimum absolute atomic E-state index is 0.000156. The van der Waals surface area contributed by atoms with Crippen molar-refractivity contribution in [3.05, 3.63) is 77.3 Å². The first-order valence-corrected chi connectivity index (χ1v) is 9.48. The number of nitrogens with one attached hydrogen (secondary N) is 1. The van der Waals surface area contributed by atoms with Gasteiger partial charge in [0.15, 0.2) is 0 Å². The zero-order valence-corrected chi connectivity index (χ0v) is 16.2. The number of aromatic nitrogens is 1. The molecule has 156 valence electrons. The zero-order valence-electron chi connectivity index (χ0n) is 16.2. The van der Waals surface area contributed by atoms with E-state index in [2.05, 4.69) is 16.9 Å². The van der Waals surface area contributed by atoms with Gasteiger partial charge in [-0.2, -0.15) is 13.2 Å². The van der Waals surface area contributed by atoms with E-state index in [4.69, 9.17) is 0 Å². The minimum atomic E-state index is -4.22. The van der Waals surface area contributed by atoms with E-state index in [0.29, 0.717) is 28.9 Å². The van der Waals surface area contributed by atoms with Crippen molar-refractivity contribution in [2.75, 3.05) is 0 Å². The largest absolute Gasteiger partial charge is 0.389 e. The summed E-state index contributed by atoms with van der Waals surface area (Å²) >= 11 is 0. The Morgan fingerprint density at radius 1 is 1.21 bits per heavy atom. The molecule has 7 heteroatoms. The summed E-state index contributed by atoms with van der Waals surface area (Å²) in [6.07, 6.45) is -2.96. The van der Waals surface area contributed by atoms with Crippen LogP contribution >= 0.6 is 0 Å². The van der Waals surface area contributed by atoms with Gasteiger partial charge in [-0.3, -0.25) is 4.98 Å². The van der Waals surface area contributed by atoms with Crippen molar-refractivity contribution in [3.8, 4) is 0 Å². The molecule has 3 rings (SSSR count). The van der Waals surface area contributed by atoms with Crippen molar-refractivity contribution in [1.82, 2.24) is 10.3 Å². The molecule has 1 heterocycles. The number of hydrogen-bond acceptors (Lipinski definition) is 2. The lowest BCUT2D eigenvalue weighted by Gasteiger charge is -2.19.